The third-order valence-corrected chi connectivity index (χ3v) is 2.13. The Bertz CT molecular complexity index is 538. The molecule has 2 N–H and O–H groups in total. The monoisotopic (exact) mass is 200 g/mol. The van der Waals surface area contributed by atoms with E-state index in [1.165, 1.54) is 6.20 Å². The maximum Gasteiger partial charge on any atom is 0.268 e. The molecule has 0 radical (unpaired) electrons. The number of fused-ring (bicyclic) bond motifs is 1. The summed E-state index contributed by atoms with van der Waals surface area (Å²) in [7, 11) is 2.37. The second-order valence-corrected chi connectivity index (χ2v) is 3.18. The highest BCUT2D eigenvalue weighted by Crippen LogP contribution is 2.09. The van der Waals surface area contributed by atoms with Crippen LogP contribution in [0, 0.1) is 4.64 Å². The van der Waals surface area contributed by atoms with Gasteiger partial charge in [-0.1, -0.05) is 12.2 Å². The highest BCUT2D eigenvalue weighted by atomic mass is 32.1. The van der Waals surface area contributed by atoms with Crippen molar-refractivity contribution in [3.05, 3.63) is 21.2 Å². The van der Waals surface area contributed by atoms with Crippen LogP contribution in [0.2, 0.25) is 0 Å². The molecule has 7 heteroatoms. The van der Waals surface area contributed by atoms with Crippen LogP contribution in [0.3, 0.4) is 0 Å². The van der Waals surface area contributed by atoms with E-state index in [1.807, 2.05) is 0 Å². The molecular formula is C5H5N4OPS. The molecule has 0 saturated carbocycles. The van der Waals surface area contributed by atoms with Crippen molar-refractivity contribution in [1.82, 2.24) is 19.5 Å². The summed E-state index contributed by atoms with van der Waals surface area (Å²) in [6.07, 6.45) is 1.20. The Hall–Kier alpha value is -1.00. The van der Waals surface area contributed by atoms with Crippen molar-refractivity contribution in [3.63, 3.8) is 0 Å². The summed E-state index contributed by atoms with van der Waals surface area (Å²) in [4.78, 5) is 17.3. The largest absolute Gasteiger partial charge is 0.304 e. The van der Waals surface area contributed by atoms with Gasteiger partial charge in [0, 0.05) is 0 Å². The quantitative estimate of drug-likeness (QED) is 0.478. The molecule has 0 fully saturated rings. The number of nitrogens with one attached hydrogen (secondary N) is 2. The zero-order chi connectivity index (χ0) is 8.72. The van der Waals surface area contributed by atoms with Gasteiger partial charge in [0.1, 0.15) is 10.2 Å². The molecule has 0 bridgehead atoms. The molecule has 0 amide bonds. The number of aromatic amines is 2. The Labute approximate surface area is 74.1 Å². The molecule has 62 valence electrons. The molecule has 0 aliphatic heterocycles. The van der Waals surface area contributed by atoms with E-state index in [0.717, 1.165) is 0 Å². The van der Waals surface area contributed by atoms with Crippen LogP contribution in [0.1, 0.15) is 0 Å². The van der Waals surface area contributed by atoms with Crippen molar-refractivity contribution in [2.24, 2.45) is 0 Å². The van der Waals surface area contributed by atoms with Crippen LogP contribution in [0.5, 0.6) is 0 Å². The molecular weight excluding hydrogens is 195 g/mol. The standard InChI is InChI=1S/C5H5N4OPS/c10-2-1-6-3-4(7-2)9(11)8-5(3)12/h1H,11H2,(H,7,10)(H,8,12). The lowest BCUT2D eigenvalue weighted by molar-refractivity contribution is 1.01. The van der Waals surface area contributed by atoms with Crippen LogP contribution in [0.4, 0.5) is 0 Å². The first-order valence-corrected chi connectivity index (χ1v) is 4.06. The number of nitrogens with zero attached hydrogens (tertiary/aromatic N) is 2. The molecule has 2 rings (SSSR count). The molecule has 0 saturated heterocycles. The smallest absolute Gasteiger partial charge is 0.268 e. The second kappa shape index (κ2) is 2.50. The summed E-state index contributed by atoms with van der Waals surface area (Å²) in [5.41, 5.74) is 0.935. The summed E-state index contributed by atoms with van der Waals surface area (Å²) in [6.45, 7) is 0. The van der Waals surface area contributed by atoms with E-state index in [2.05, 4.69) is 24.5 Å². The lowest BCUT2D eigenvalue weighted by atomic mass is 10.6. The summed E-state index contributed by atoms with van der Waals surface area (Å²) >= 11 is 4.94. The minimum Gasteiger partial charge on any atom is -0.304 e. The second-order valence-electron chi connectivity index (χ2n) is 2.26. The van der Waals surface area contributed by atoms with Gasteiger partial charge in [-0.3, -0.25) is 14.3 Å². The van der Waals surface area contributed by atoms with Gasteiger partial charge in [-0.25, -0.2) is 4.98 Å². The first-order chi connectivity index (χ1) is 5.68. The van der Waals surface area contributed by atoms with Crippen molar-refractivity contribution in [2.75, 3.05) is 0 Å². The molecule has 2 aromatic heterocycles. The minimum atomic E-state index is -0.243. The van der Waals surface area contributed by atoms with Crippen LogP contribution in [-0.2, 0) is 0 Å². The SMILES string of the molecule is O=c1cnc2c(=S)[nH]n(P)c2[nH]1. The van der Waals surface area contributed by atoms with Gasteiger partial charge in [0.05, 0.1) is 6.20 Å². The predicted molar refractivity (Wildman–Crippen MR) is 50.6 cm³/mol. The lowest BCUT2D eigenvalue weighted by Crippen LogP contribution is -2.05. The zero-order valence-corrected chi connectivity index (χ0v) is 7.84. The van der Waals surface area contributed by atoms with Gasteiger partial charge in [-0.05, 0) is 9.39 Å². The van der Waals surface area contributed by atoms with Gasteiger partial charge >= 0.3 is 0 Å². The van der Waals surface area contributed by atoms with Gasteiger partial charge in [0.25, 0.3) is 5.56 Å². The predicted octanol–water partition coefficient (Wildman–Crippen LogP) is 0.420. The summed E-state index contributed by atoms with van der Waals surface area (Å²) < 4.78 is 2.06. The highest BCUT2D eigenvalue weighted by molar-refractivity contribution is 7.71. The van der Waals surface area contributed by atoms with Crippen LogP contribution in [0.25, 0.3) is 11.2 Å². The van der Waals surface area contributed by atoms with E-state index >= 15 is 0 Å². The van der Waals surface area contributed by atoms with Crippen LogP contribution < -0.4 is 5.56 Å². The van der Waals surface area contributed by atoms with Gasteiger partial charge in [-0.2, -0.15) is 0 Å². The third-order valence-electron chi connectivity index (χ3n) is 1.45. The van der Waals surface area contributed by atoms with Gasteiger partial charge in [0.2, 0.25) is 0 Å². The van der Waals surface area contributed by atoms with Gasteiger partial charge in [0.15, 0.2) is 5.65 Å². The molecule has 1 atom stereocenters. The zero-order valence-electron chi connectivity index (χ0n) is 5.87. The molecule has 0 aliphatic carbocycles. The summed E-state index contributed by atoms with van der Waals surface area (Å²) in [5.74, 6) is 0. The van der Waals surface area contributed by atoms with E-state index in [9.17, 15) is 4.79 Å². The van der Waals surface area contributed by atoms with Crippen molar-refractivity contribution in [1.29, 1.82) is 0 Å². The Kier molecular flexibility index (Phi) is 1.59. The number of rotatable bonds is 0. The van der Waals surface area contributed by atoms with E-state index < -0.39 is 0 Å². The Balaban J connectivity index is 3.10. The fourth-order valence-electron chi connectivity index (χ4n) is 0.951. The van der Waals surface area contributed by atoms with E-state index in [0.29, 0.717) is 15.8 Å². The molecule has 0 spiro atoms. The fraction of sp³-hybridized carbons (Fsp3) is 0. The Morgan fingerprint density at radius 3 is 3.17 bits per heavy atom. The van der Waals surface area contributed by atoms with Crippen LogP contribution in [0.15, 0.2) is 11.0 Å². The van der Waals surface area contributed by atoms with E-state index in [-0.39, 0.29) is 5.56 Å². The number of hydrogen-bond donors (Lipinski definition) is 2. The highest BCUT2D eigenvalue weighted by Gasteiger charge is 2.01. The minimum absolute atomic E-state index is 0.243. The van der Waals surface area contributed by atoms with Gasteiger partial charge in [-0.15, -0.1) is 0 Å². The molecule has 0 aliphatic rings. The van der Waals surface area contributed by atoms with E-state index in [4.69, 9.17) is 12.2 Å². The Morgan fingerprint density at radius 2 is 2.42 bits per heavy atom. The van der Waals surface area contributed by atoms with Gasteiger partial charge < -0.3 is 4.98 Å². The van der Waals surface area contributed by atoms with Crippen molar-refractivity contribution >= 4 is 32.8 Å². The molecule has 0 aromatic carbocycles. The Morgan fingerprint density at radius 1 is 1.67 bits per heavy atom. The molecule has 12 heavy (non-hydrogen) atoms. The lowest BCUT2D eigenvalue weighted by Gasteiger charge is -1.90. The maximum absolute atomic E-state index is 10.9. The molecule has 2 heterocycles. The fourth-order valence-corrected chi connectivity index (χ4v) is 1.61. The van der Waals surface area contributed by atoms with Crippen LogP contribution in [-0.4, -0.2) is 19.5 Å². The first-order valence-electron chi connectivity index (χ1n) is 3.13. The molecule has 1 unspecified atom stereocenters. The van der Waals surface area contributed by atoms with E-state index in [1.54, 1.807) is 4.45 Å². The van der Waals surface area contributed by atoms with Crippen LogP contribution >= 0.6 is 21.6 Å². The number of H-pyrrole nitrogens is 2. The summed E-state index contributed by atoms with van der Waals surface area (Å²) in [5, 5.41) is 2.80. The number of aromatic nitrogens is 4. The maximum atomic E-state index is 10.9. The summed E-state index contributed by atoms with van der Waals surface area (Å²) in [6, 6.07) is 0. The topological polar surface area (TPSA) is 66.5 Å². The van der Waals surface area contributed by atoms with Crippen molar-refractivity contribution in [2.45, 2.75) is 0 Å². The third kappa shape index (κ3) is 1.00. The average Bonchev–Trinajstić information content (AvgIpc) is 2.28. The van der Waals surface area contributed by atoms with Crippen molar-refractivity contribution < 1.29 is 0 Å². The molecule has 2 aromatic rings. The first kappa shape index (κ1) is 7.64. The molecule has 5 nitrogen and oxygen atoms in total. The average molecular weight is 200 g/mol. The van der Waals surface area contributed by atoms with Crippen molar-refractivity contribution in [3.8, 4) is 0 Å². The normalized spacial score (nSPS) is 10.8. The number of hydrogen-bond acceptors (Lipinski definition) is 3.